The SMILES string of the molecule is CCCCCCCCCCC(=O)OC[C@H](COP(=O)(O)OC[C@H](O)COP(=O)(O)OC[C@@H](COC(=O)CCCCCCCCC(C)CC)OC(=O)CCCCCCCCCCCCCCCCCCC(C)C)OC(=O)CCCCCCCCCC. The van der Waals surface area contributed by atoms with Crippen molar-refractivity contribution in [3.8, 4) is 0 Å². The quantitative estimate of drug-likeness (QED) is 0.0222. The number of ether oxygens (including phenoxy) is 4. The van der Waals surface area contributed by atoms with Crippen molar-refractivity contribution in [1.29, 1.82) is 0 Å². The fraction of sp³-hybridized carbons (Fsp3) is 0.939. The fourth-order valence-electron chi connectivity index (χ4n) is 9.85. The monoisotopic (exact) mass is 1250 g/mol. The second kappa shape index (κ2) is 58.4. The minimum absolute atomic E-state index is 0.104. The summed E-state index contributed by atoms with van der Waals surface area (Å²) in [6, 6.07) is 0. The smallest absolute Gasteiger partial charge is 0.462 e. The van der Waals surface area contributed by atoms with Crippen LogP contribution in [0.4, 0.5) is 0 Å². The highest BCUT2D eigenvalue weighted by molar-refractivity contribution is 7.47. The van der Waals surface area contributed by atoms with Crippen molar-refractivity contribution in [1.82, 2.24) is 0 Å². The molecule has 0 aromatic rings. The van der Waals surface area contributed by atoms with Gasteiger partial charge in [-0.3, -0.25) is 37.3 Å². The predicted molar refractivity (Wildman–Crippen MR) is 340 cm³/mol. The highest BCUT2D eigenvalue weighted by Gasteiger charge is 2.30. The van der Waals surface area contributed by atoms with Crippen molar-refractivity contribution in [2.24, 2.45) is 11.8 Å². The van der Waals surface area contributed by atoms with Gasteiger partial charge >= 0.3 is 39.5 Å². The Morgan fingerprint density at radius 3 is 0.894 bits per heavy atom. The first-order valence-corrected chi connectivity index (χ1v) is 37.5. The molecule has 0 radical (unpaired) electrons. The predicted octanol–water partition coefficient (Wildman–Crippen LogP) is 18.4. The lowest BCUT2D eigenvalue weighted by Gasteiger charge is -2.21. The van der Waals surface area contributed by atoms with E-state index in [1.54, 1.807) is 0 Å². The Morgan fingerprint density at radius 1 is 0.341 bits per heavy atom. The summed E-state index contributed by atoms with van der Waals surface area (Å²) in [4.78, 5) is 72.1. The highest BCUT2D eigenvalue weighted by Crippen LogP contribution is 2.45. The first-order chi connectivity index (χ1) is 40.9. The summed E-state index contributed by atoms with van der Waals surface area (Å²) < 4.78 is 67.9. The summed E-state index contributed by atoms with van der Waals surface area (Å²) in [5.41, 5.74) is 0. The molecule has 85 heavy (non-hydrogen) atoms. The summed E-state index contributed by atoms with van der Waals surface area (Å²) in [7, 11) is -9.88. The second-order valence-corrected chi connectivity index (χ2v) is 27.5. The van der Waals surface area contributed by atoms with Gasteiger partial charge < -0.3 is 33.8 Å². The number of esters is 4. The van der Waals surface area contributed by atoms with Gasteiger partial charge in [0.25, 0.3) is 0 Å². The summed E-state index contributed by atoms with van der Waals surface area (Å²) in [6.45, 7) is 9.45. The fourth-order valence-corrected chi connectivity index (χ4v) is 11.4. The van der Waals surface area contributed by atoms with Crippen LogP contribution in [-0.2, 0) is 65.4 Å². The lowest BCUT2D eigenvalue weighted by Crippen LogP contribution is -2.30. The molecule has 504 valence electrons. The van der Waals surface area contributed by atoms with Crippen molar-refractivity contribution in [3.63, 3.8) is 0 Å². The van der Waals surface area contributed by atoms with Crippen LogP contribution in [0.1, 0.15) is 330 Å². The lowest BCUT2D eigenvalue weighted by molar-refractivity contribution is -0.161. The van der Waals surface area contributed by atoms with Gasteiger partial charge in [0.2, 0.25) is 0 Å². The molecule has 0 amide bonds. The molecule has 17 nitrogen and oxygen atoms in total. The zero-order chi connectivity index (χ0) is 62.9. The van der Waals surface area contributed by atoms with Gasteiger partial charge in [-0.15, -0.1) is 0 Å². The van der Waals surface area contributed by atoms with Crippen LogP contribution >= 0.6 is 15.6 Å². The van der Waals surface area contributed by atoms with E-state index in [4.69, 9.17) is 37.0 Å². The molecular weight excluding hydrogens is 1130 g/mol. The summed E-state index contributed by atoms with van der Waals surface area (Å²) in [6.07, 6.45) is 41.9. The van der Waals surface area contributed by atoms with Crippen molar-refractivity contribution in [3.05, 3.63) is 0 Å². The maximum Gasteiger partial charge on any atom is 0.472 e. The normalized spacial score (nSPS) is 14.6. The van der Waals surface area contributed by atoms with Gasteiger partial charge in [-0.1, -0.05) is 279 Å². The van der Waals surface area contributed by atoms with E-state index in [0.717, 1.165) is 121 Å². The van der Waals surface area contributed by atoms with E-state index in [0.29, 0.717) is 25.7 Å². The third-order valence-electron chi connectivity index (χ3n) is 15.6. The Bertz CT molecular complexity index is 1670. The summed E-state index contributed by atoms with van der Waals surface area (Å²) in [5.74, 6) is -0.597. The molecule has 0 aliphatic heterocycles. The number of hydrogen-bond acceptors (Lipinski definition) is 15. The van der Waals surface area contributed by atoms with E-state index in [1.807, 2.05) is 0 Å². The van der Waals surface area contributed by atoms with Gasteiger partial charge in [-0.05, 0) is 37.5 Å². The third-order valence-corrected chi connectivity index (χ3v) is 17.5. The van der Waals surface area contributed by atoms with Crippen molar-refractivity contribution in [2.45, 2.75) is 349 Å². The van der Waals surface area contributed by atoms with Gasteiger partial charge in [-0.25, -0.2) is 9.13 Å². The van der Waals surface area contributed by atoms with Crippen LogP contribution in [0.2, 0.25) is 0 Å². The van der Waals surface area contributed by atoms with Crippen LogP contribution in [0.3, 0.4) is 0 Å². The summed E-state index contributed by atoms with van der Waals surface area (Å²) >= 11 is 0. The van der Waals surface area contributed by atoms with E-state index in [-0.39, 0.29) is 25.7 Å². The Balaban J connectivity index is 5.15. The Morgan fingerprint density at radius 2 is 0.600 bits per heavy atom. The number of unbranched alkanes of at least 4 members (excludes halogenated alkanes) is 34. The Hall–Kier alpha value is -1.94. The molecule has 0 saturated carbocycles. The molecule has 3 N–H and O–H groups in total. The minimum Gasteiger partial charge on any atom is -0.462 e. The minimum atomic E-state index is -4.95. The molecular formula is C66H128O17P2. The molecule has 6 atom stereocenters. The molecule has 0 fully saturated rings. The molecule has 0 aliphatic rings. The standard InChI is InChI=1S/C66H128O17P2/c1-7-10-12-14-16-29-36-42-48-63(68)76-54-61(82-65(70)50-44-38-30-17-15-13-11-8-2)56-80-84(72,73)78-52-60(67)53-79-85(74,75)81-57-62(55-77-64(69)49-43-37-33-32-35-41-47-59(6)9-3)83-66(71)51-45-39-31-27-25-23-21-19-18-20-22-24-26-28-34-40-46-58(4)5/h58-62,67H,7-57H2,1-6H3,(H,72,73)(H,74,75)/t59?,60-,61+,62+/m0/s1. The van der Waals surface area contributed by atoms with Crippen molar-refractivity contribution < 1.29 is 80.2 Å². The third kappa shape index (κ3) is 59.5. The van der Waals surface area contributed by atoms with Gasteiger partial charge in [0.1, 0.15) is 19.3 Å². The first-order valence-electron chi connectivity index (χ1n) is 34.5. The molecule has 0 spiro atoms. The maximum atomic E-state index is 13.0. The molecule has 0 saturated heterocycles. The van der Waals surface area contributed by atoms with Crippen LogP contribution < -0.4 is 0 Å². The topological polar surface area (TPSA) is 237 Å². The number of rotatable bonds is 65. The van der Waals surface area contributed by atoms with E-state index < -0.39 is 97.5 Å². The number of phosphoric acid groups is 2. The Kier molecular flexibility index (Phi) is 57.1. The first kappa shape index (κ1) is 83.1. The van der Waals surface area contributed by atoms with E-state index >= 15 is 0 Å². The number of aliphatic hydroxyl groups excluding tert-OH is 1. The average Bonchev–Trinajstić information content (AvgIpc) is 3.55. The molecule has 0 aromatic carbocycles. The van der Waals surface area contributed by atoms with Crippen LogP contribution in [0.25, 0.3) is 0 Å². The van der Waals surface area contributed by atoms with Gasteiger partial charge in [0.15, 0.2) is 12.2 Å². The number of carbonyl (C=O) groups excluding carboxylic acids is 4. The molecule has 0 aromatic heterocycles. The molecule has 3 unspecified atom stereocenters. The summed E-state index contributed by atoms with van der Waals surface area (Å²) in [5, 5.41) is 10.5. The van der Waals surface area contributed by atoms with Crippen LogP contribution in [0.5, 0.6) is 0 Å². The molecule has 19 heteroatoms. The molecule has 0 bridgehead atoms. The number of phosphoric ester groups is 2. The number of aliphatic hydroxyl groups is 1. The van der Waals surface area contributed by atoms with Crippen molar-refractivity contribution >= 4 is 39.5 Å². The maximum absolute atomic E-state index is 13.0. The van der Waals surface area contributed by atoms with Crippen LogP contribution in [0.15, 0.2) is 0 Å². The van der Waals surface area contributed by atoms with Crippen LogP contribution in [-0.4, -0.2) is 96.7 Å². The van der Waals surface area contributed by atoms with E-state index in [1.165, 1.54) is 128 Å². The largest absolute Gasteiger partial charge is 0.472 e. The van der Waals surface area contributed by atoms with E-state index in [9.17, 15) is 43.2 Å². The van der Waals surface area contributed by atoms with Crippen LogP contribution in [0, 0.1) is 11.8 Å². The lowest BCUT2D eigenvalue weighted by atomic mass is 10.00. The number of hydrogen-bond donors (Lipinski definition) is 3. The molecule has 0 rings (SSSR count). The van der Waals surface area contributed by atoms with Gasteiger partial charge in [0, 0.05) is 25.7 Å². The van der Waals surface area contributed by atoms with Crippen molar-refractivity contribution in [2.75, 3.05) is 39.6 Å². The number of carbonyl (C=O) groups is 4. The van der Waals surface area contributed by atoms with Gasteiger partial charge in [-0.2, -0.15) is 0 Å². The van der Waals surface area contributed by atoms with E-state index in [2.05, 4.69) is 41.5 Å². The molecule has 0 aliphatic carbocycles. The molecule has 0 heterocycles. The van der Waals surface area contributed by atoms with Gasteiger partial charge in [0.05, 0.1) is 26.4 Å². The zero-order valence-electron chi connectivity index (χ0n) is 54.9. The zero-order valence-corrected chi connectivity index (χ0v) is 56.7. The average molecular weight is 1260 g/mol. The second-order valence-electron chi connectivity index (χ2n) is 24.6. The highest BCUT2D eigenvalue weighted by atomic mass is 31.2. The Labute approximate surface area is 517 Å².